The number of benzene rings is 1. The maximum Gasteiger partial charge on any atom is 0.342 e. The van der Waals surface area contributed by atoms with Crippen LogP contribution in [0.5, 0.6) is 5.75 Å². The molecule has 4 rings (SSSR count). The van der Waals surface area contributed by atoms with Crippen LogP contribution in [0, 0.1) is 5.92 Å². The Morgan fingerprint density at radius 1 is 1.18 bits per heavy atom. The van der Waals surface area contributed by atoms with E-state index in [1.807, 2.05) is 19.9 Å². The van der Waals surface area contributed by atoms with Crippen molar-refractivity contribution in [1.29, 1.82) is 0 Å². The summed E-state index contributed by atoms with van der Waals surface area (Å²) in [5.74, 6) is 0.479. The van der Waals surface area contributed by atoms with E-state index in [4.69, 9.17) is 0 Å². The van der Waals surface area contributed by atoms with Crippen LogP contribution in [0.25, 0.3) is 11.3 Å². The van der Waals surface area contributed by atoms with Gasteiger partial charge in [-0.05, 0) is 63.8 Å². The number of aromatic nitrogens is 2. The number of nitrogens with zero attached hydrogens (tertiary/aromatic N) is 2. The first-order valence-electron chi connectivity index (χ1n) is 9.97. The summed E-state index contributed by atoms with van der Waals surface area (Å²) >= 11 is 0. The Hall–Kier alpha value is -2.83. The maximum atomic E-state index is 12.6. The van der Waals surface area contributed by atoms with E-state index in [-0.39, 0.29) is 29.6 Å². The highest BCUT2D eigenvalue weighted by atomic mass is 16.3. The maximum absolute atomic E-state index is 12.6. The molecule has 7 heteroatoms. The molecule has 2 aromatic rings. The zero-order valence-electron chi connectivity index (χ0n) is 16.2. The smallest absolute Gasteiger partial charge is 0.342 e. The van der Waals surface area contributed by atoms with Crippen LogP contribution in [-0.2, 0) is 4.79 Å². The van der Waals surface area contributed by atoms with Crippen molar-refractivity contribution in [3.63, 3.8) is 0 Å². The van der Waals surface area contributed by atoms with Crippen LogP contribution in [0.4, 0.5) is 10.5 Å². The number of phenolic OH excluding ortho intramolecular Hbond substituents is 1. The average Bonchev–Trinajstić information content (AvgIpc) is 3.35. The van der Waals surface area contributed by atoms with Crippen LogP contribution < -0.4 is 10.6 Å². The average molecular weight is 382 g/mol. The van der Waals surface area contributed by atoms with E-state index < -0.39 is 0 Å². The molecule has 0 radical (unpaired) electrons. The lowest BCUT2D eigenvalue weighted by molar-refractivity contribution is -0.117. The van der Waals surface area contributed by atoms with Gasteiger partial charge in [0.25, 0.3) is 0 Å². The predicted molar refractivity (Wildman–Crippen MR) is 106 cm³/mol. The van der Waals surface area contributed by atoms with Crippen molar-refractivity contribution in [2.24, 2.45) is 5.92 Å². The highest BCUT2D eigenvalue weighted by Gasteiger charge is 2.30. The van der Waals surface area contributed by atoms with Gasteiger partial charge < -0.3 is 15.7 Å². The Balaban J connectivity index is 1.67. The van der Waals surface area contributed by atoms with E-state index in [1.165, 1.54) is 4.68 Å². The summed E-state index contributed by atoms with van der Waals surface area (Å²) in [7, 11) is 0. The number of rotatable bonds is 5. The number of amides is 2. The van der Waals surface area contributed by atoms with Crippen LogP contribution in [0.3, 0.4) is 0 Å². The molecule has 1 aromatic heterocycles. The monoisotopic (exact) mass is 382 g/mol. The Labute approximate surface area is 164 Å². The van der Waals surface area contributed by atoms with Crippen molar-refractivity contribution in [1.82, 2.24) is 15.1 Å². The van der Waals surface area contributed by atoms with Crippen molar-refractivity contribution >= 4 is 17.6 Å². The summed E-state index contributed by atoms with van der Waals surface area (Å²) in [5.41, 5.74) is 2.52. The number of aromatic hydroxyl groups is 1. The lowest BCUT2D eigenvalue weighted by Gasteiger charge is -2.25. The highest BCUT2D eigenvalue weighted by molar-refractivity contribution is 5.95. The molecule has 1 aromatic carbocycles. The second-order valence-electron chi connectivity index (χ2n) is 8.09. The minimum atomic E-state index is -0.263. The Kier molecular flexibility index (Phi) is 4.83. The van der Waals surface area contributed by atoms with Crippen molar-refractivity contribution < 1.29 is 14.7 Å². The van der Waals surface area contributed by atoms with E-state index in [0.29, 0.717) is 22.9 Å². The molecule has 2 amide bonds. The number of nitrogens with one attached hydrogen (secondary N) is 2. The van der Waals surface area contributed by atoms with Crippen molar-refractivity contribution in [2.45, 2.75) is 57.9 Å². The van der Waals surface area contributed by atoms with Gasteiger partial charge in [-0.15, -0.1) is 0 Å². The van der Waals surface area contributed by atoms with Crippen LogP contribution in [0.1, 0.15) is 57.6 Å². The van der Waals surface area contributed by atoms with Crippen LogP contribution in [0.15, 0.2) is 24.3 Å². The zero-order valence-corrected chi connectivity index (χ0v) is 16.2. The molecule has 1 heterocycles. The van der Waals surface area contributed by atoms with E-state index in [9.17, 15) is 14.7 Å². The fraction of sp³-hybridized carbons (Fsp3) is 0.476. The molecule has 3 N–H and O–H groups in total. The zero-order chi connectivity index (χ0) is 19.8. The molecule has 28 heavy (non-hydrogen) atoms. The summed E-state index contributed by atoms with van der Waals surface area (Å²) in [6.07, 6.45) is 5.06. The fourth-order valence-electron chi connectivity index (χ4n) is 3.40. The SMILES string of the molecule is CC(C)NC(=O)n1nc(-c2cc(NC(=O)C3CC3)ccc2O)cc1C1CCC1. The van der Waals surface area contributed by atoms with E-state index in [1.54, 1.807) is 18.2 Å². The molecule has 2 saturated carbocycles. The first-order chi connectivity index (χ1) is 13.4. The largest absolute Gasteiger partial charge is 0.507 e. The Bertz CT molecular complexity index is 910. The topological polar surface area (TPSA) is 96.3 Å². The van der Waals surface area contributed by atoms with Gasteiger partial charge in [0.2, 0.25) is 5.91 Å². The van der Waals surface area contributed by atoms with Gasteiger partial charge in [-0.25, -0.2) is 4.79 Å². The highest BCUT2D eigenvalue weighted by Crippen LogP contribution is 2.39. The fourth-order valence-corrected chi connectivity index (χ4v) is 3.40. The normalized spacial score (nSPS) is 16.7. The Morgan fingerprint density at radius 3 is 2.54 bits per heavy atom. The summed E-state index contributed by atoms with van der Waals surface area (Å²) in [6, 6.07) is 6.56. The minimum absolute atomic E-state index is 0.00348. The third-order valence-electron chi connectivity index (χ3n) is 5.35. The second kappa shape index (κ2) is 7.30. The minimum Gasteiger partial charge on any atom is -0.507 e. The van der Waals surface area contributed by atoms with Gasteiger partial charge >= 0.3 is 6.03 Å². The first-order valence-corrected chi connectivity index (χ1v) is 9.97. The van der Waals surface area contributed by atoms with Crippen molar-refractivity contribution in [3.8, 4) is 17.0 Å². The van der Waals surface area contributed by atoms with Gasteiger partial charge in [0.15, 0.2) is 0 Å². The molecule has 0 saturated heterocycles. The summed E-state index contributed by atoms with van der Waals surface area (Å²) in [6.45, 7) is 3.81. The Morgan fingerprint density at radius 2 is 1.93 bits per heavy atom. The van der Waals surface area contributed by atoms with Gasteiger partial charge in [0, 0.05) is 29.1 Å². The molecule has 7 nitrogen and oxygen atoms in total. The third kappa shape index (κ3) is 3.74. The first kappa shape index (κ1) is 18.5. The molecule has 0 bridgehead atoms. The lowest BCUT2D eigenvalue weighted by atomic mass is 9.82. The van der Waals surface area contributed by atoms with Crippen molar-refractivity contribution in [3.05, 3.63) is 30.0 Å². The summed E-state index contributed by atoms with van der Waals surface area (Å²) in [4.78, 5) is 24.7. The molecule has 0 aliphatic heterocycles. The lowest BCUT2D eigenvalue weighted by Crippen LogP contribution is -2.36. The summed E-state index contributed by atoms with van der Waals surface area (Å²) in [5, 5.41) is 20.6. The molecule has 148 valence electrons. The number of carbonyl (C=O) groups is 2. The van der Waals surface area contributed by atoms with E-state index in [2.05, 4.69) is 15.7 Å². The van der Waals surface area contributed by atoms with Gasteiger partial charge in [0.1, 0.15) is 5.75 Å². The number of carbonyl (C=O) groups excluding carboxylic acids is 2. The number of hydrogen-bond donors (Lipinski definition) is 3. The molecule has 0 atom stereocenters. The molecular weight excluding hydrogens is 356 g/mol. The second-order valence-corrected chi connectivity index (χ2v) is 8.09. The van der Waals surface area contributed by atoms with Gasteiger partial charge in [-0.1, -0.05) is 6.42 Å². The molecular formula is C21H26N4O3. The van der Waals surface area contributed by atoms with Crippen LogP contribution in [0.2, 0.25) is 0 Å². The quantitative estimate of drug-likeness (QED) is 0.685. The van der Waals surface area contributed by atoms with E-state index >= 15 is 0 Å². The van der Waals surface area contributed by atoms with E-state index in [0.717, 1.165) is 37.8 Å². The molecule has 0 unspecified atom stereocenters. The number of phenols is 1. The van der Waals surface area contributed by atoms with Crippen molar-refractivity contribution in [2.75, 3.05) is 5.32 Å². The van der Waals surface area contributed by atoms with Gasteiger partial charge in [-0.2, -0.15) is 9.78 Å². The predicted octanol–water partition coefficient (Wildman–Crippen LogP) is 3.84. The third-order valence-corrected chi connectivity index (χ3v) is 5.35. The molecule has 2 aliphatic rings. The number of hydrogen-bond acceptors (Lipinski definition) is 4. The van der Waals surface area contributed by atoms with Crippen LogP contribution >= 0.6 is 0 Å². The standard InChI is InChI=1S/C21H26N4O3/c1-12(2)22-21(28)25-18(13-4-3-5-13)11-17(24-25)16-10-15(8-9-19(16)26)23-20(27)14-6-7-14/h8-14,26H,3-7H2,1-2H3,(H,22,28)(H,23,27). The van der Waals surface area contributed by atoms with Gasteiger partial charge in [0.05, 0.1) is 11.4 Å². The van der Waals surface area contributed by atoms with Crippen LogP contribution in [-0.4, -0.2) is 32.9 Å². The number of anilines is 1. The summed E-state index contributed by atoms with van der Waals surface area (Å²) < 4.78 is 1.42. The molecule has 0 spiro atoms. The molecule has 2 fully saturated rings. The van der Waals surface area contributed by atoms with Gasteiger partial charge in [-0.3, -0.25) is 4.79 Å². The molecule has 2 aliphatic carbocycles.